The van der Waals surface area contributed by atoms with E-state index in [1.54, 1.807) is 27.7 Å². The van der Waals surface area contributed by atoms with E-state index >= 15 is 0 Å². The van der Waals surface area contributed by atoms with Gasteiger partial charge in [0.25, 0.3) is 0 Å². The van der Waals surface area contributed by atoms with Crippen LogP contribution in [0.2, 0.25) is 0 Å². The van der Waals surface area contributed by atoms with E-state index in [1.165, 1.54) is 13.8 Å². The number of aliphatic hydroxyl groups is 5. The molecule has 2 saturated heterocycles. The molecule has 51 heavy (non-hydrogen) atoms. The molecule has 6 N–H and O–H groups in total. The second-order valence-electron chi connectivity index (χ2n) is 15.8. The zero-order valence-corrected chi connectivity index (χ0v) is 33.1. The number of esters is 2. The Kier molecular flexibility index (Phi) is 18.2. The Labute approximate surface area is 306 Å². The third-order valence-corrected chi connectivity index (χ3v) is 10.9. The number of carbonyl (C=O) groups excluding carboxylic acids is 2. The van der Waals surface area contributed by atoms with Crippen LogP contribution in [0.5, 0.6) is 0 Å². The van der Waals surface area contributed by atoms with E-state index < -0.39 is 71.9 Å². The smallest absolute Gasteiger partial charge is 0.311 e. The van der Waals surface area contributed by atoms with Gasteiger partial charge >= 0.3 is 11.9 Å². The number of nitrogens with one attached hydrogen (secondary N) is 1. The van der Waals surface area contributed by atoms with Crippen molar-refractivity contribution in [2.75, 3.05) is 46.9 Å². The number of ether oxygens (including phenoxy) is 4. The molecule has 14 heteroatoms. The molecule has 2 fully saturated rings. The van der Waals surface area contributed by atoms with Crippen molar-refractivity contribution in [1.82, 2.24) is 15.1 Å². The van der Waals surface area contributed by atoms with Gasteiger partial charge in [-0.3, -0.25) is 14.5 Å². The zero-order chi connectivity index (χ0) is 38.8. The first-order valence-corrected chi connectivity index (χ1v) is 19.0. The van der Waals surface area contributed by atoms with Crippen LogP contribution in [0.25, 0.3) is 0 Å². The van der Waals surface area contributed by atoms with E-state index in [-0.39, 0.29) is 43.3 Å². The van der Waals surface area contributed by atoms with E-state index in [1.807, 2.05) is 39.8 Å². The molecule has 0 aromatic rings. The lowest BCUT2D eigenvalue weighted by Crippen LogP contribution is -2.59. The molecule has 0 bridgehead atoms. The van der Waals surface area contributed by atoms with Crippen molar-refractivity contribution < 1.29 is 54.1 Å². The standard InChI is InChI=1S/C37H71N3O11/c1-12-28-37(9,47)32(44)26(7)40(18-14-16-38-17-15-29(41)48-13-2)21-22(3)20-36(8,46)33(24(5)30(42)25(6)34(45)50-28)51-35-31(43)27(39(10)11)19-23(4)49-35/h22-28,30-33,35,38,42-44,46-47H,12-21H2,1-11H3/t22-,23-,24+,25-,26-,27+,28-,30+,31-,32-,33-,35+,36-,37-/m1/s1. The highest BCUT2D eigenvalue weighted by Gasteiger charge is 2.50. The fraction of sp³-hybridized carbons (Fsp3) is 0.946. The van der Waals surface area contributed by atoms with Gasteiger partial charge in [-0.05, 0) is 100 Å². The second-order valence-corrected chi connectivity index (χ2v) is 15.8. The first-order chi connectivity index (χ1) is 23.7. The molecule has 0 aliphatic carbocycles. The number of likely N-dealkylation sites (N-methyl/N-ethyl adjacent to an activating group) is 1. The van der Waals surface area contributed by atoms with Crippen LogP contribution in [0.1, 0.15) is 94.4 Å². The van der Waals surface area contributed by atoms with Crippen LogP contribution in [0.4, 0.5) is 0 Å². The Morgan fingerprint density at radius 2 is 1.69 bits per heavy atom. The summed E-state index contributed by atoms with van der Waals surface area (Å²) in [7, 11) is 3.74. The van der Waals surface area contributed by atoms with Crippen molar-refractivity contribution >= 4 is 11.9 Å². The van der Waals surface area contributed by atoms with Gasteiger partial charge in [0.1, 0.15) is 23.9 Å². The molecule has 2 heterocycles. The van der Waals surface area contributed by atoms with Crippen LogP contribution in [0, 0.1) is 17.8 Å². The van der Waals surface area contributed by atoms with E-state index in [2.05, 4.69) is 10.2 Å². The van der Waals surface area contributed by atoms with Crippen molar-refractivity contribution in [2.24, 2.45) is 17.8 Å². The van der Waals surface area contributed by atoms with Crippen molar-refractivity contribution in [1.29, 1.82) is 0 Å². The highest BCUT2D eigenvalue weighted by molar-refractivity contribution is 5.73. The number of nitrogens with zero attached hydrogens (tertiary/aromatic N) is 2. The molecule has 0 aromatic heterocycles. The van der Waals surface area contributed by atoms with Crippen molar-refractivity contribution in [2.45, 2.75) is 161 Å². The van der Waals surface area contributed by atoms with Crippen LogP contribution >= 0.6 is 0 Å². The highest BCUT2D eigenvalue weighted by Crippen LogP contribution is 2.36. The van der Waals surface area contributed by atoms with Gasteiger partial charge in [0.15, 0.2) is 6.29 Å². The summed E-state index contributed by atoms with van der Waals surface area (Å²) >= 11 is 0. The van der Waals surface area contributed by atoms with Crippen molar-refractivity contribution in [3.63, 3.8) is 0 Å². The van der Waals surface area contributed by atoms with Gasteiger partial charge in [-0.1, -0.05) is 20.8 Å². The van der Waals surface area contributed by atoms with Gasteiger partial charge < -0.3 is 54.7 Å². The van der Waals surface area contributed by atoms with E-state index in [0.29, 0.717) is 45.6 Å². The third-order valence-electron chi connectivity index (χ3n) is 10.9. The fourth-order valence-corrected chi connectivity index (χ4v) is 7.86. The third kappa shape index (κ3) is 12.5. The van der Waals surface area contributed by atoms with E-state index in [4.69, 9.17) is 18.9 Å². The average molecular weight is 734 g/mol. The van der Waals surface area contributed by atoms with Crippen LogP contribution < -0.4 is 5.32 Å². The number of aliphatic hydroxyl groups excluding tert-OH is 3. The van der Waals surface area contributed by atoms with Crippen molar-refractivity contribution in [3.05, 3.63) is 0 Å². The molecule has 14 atom stereocenters. The maximum atomic E-state index is 13.6. The number of rotatable bonds is 12. The lowest BCUT2D eigenvalue weighted by molar-refractivity contribution is -0.299. The average Bonchev–Trinajstić information content (AvgIpc) is 3.05. The molecular weight excluding hydrogens is 662 g/mol. The maximum Gasteiger partial charge on any atom is 0.311 e. The van der Waals surface area contributed by atoms with Gasteiger partial charge in [0.2, 0.25) is 0 Å². The van der Waals surface area contributed by atoms with Crippen LogP contribution in [-0.4, -0.2) is 160 Å². The van der Waals surface area contributed by atoms with Crippen LogP contribution in [0.15, 0.2) is 0 Å². The van der Waals surface area contributed by atoms with Crippen LogP contribution in [0.3, 0.4) is 0 Å². The van der Waals surface area contributed by atoms with Gasteiger partial charge in [0.05, 0.1) is 42.9 Å². The molecular formula is C37H71N3O11. The Bertz CT molecular complexity index is 1060. The predicted molar refractivity (Wildman–Crippen MR) is 193 cm³/mol. The Morgan fingerprint density at radius 1 is 1.04 bits per heavy atom. The summed E-state index contributed by atoms with van der Waals surface area (Å²) in [6.45, 7) is 17.8. The first kappa shape index (κ1) is 45.7. The molecule has 0 unspecified atom stereocenters. The fourth-order valence-electron chi connectivity index (χ4n) is 7.86. The predicted octanol–water partition coefficient (Wildman–Crippen LogP) is 1.28. The Balaban J connectivity index is 2.47. The first-order valence-electron chi connectivity index (χ1n) is 19.0. The molecule has 14 nitrogen and oxygen atoms in total. The molecule has 300 valence electrons. The van der Waals surface area contributed by atoms with Gasteiger partial charge in [0, 0.05) is 31.1 Å². The molecule has 2 aliphatic heterocycles. The lowest BCUT2D eigenvalue weighted by atomic mass is 9.78. The molecule has 0 spiro atoms. The SMILES string of the molecule is CCOC(=O)CCNCCCN1C[C@H](C)C[C@@](C)(O)[C@H](O[C@@H]2O[C@H](C)C[C@H](N(C)C)[C@H]2O)[C@@H](C)[C@H](O)[C@@H](C)C(=O)O[C@H](CC)[C@@](C)(O)[C@H](O)[C@H]1C. The summed E-state index contributed by atoms with van der Waals surface area (Å²) in [5.41, 5.74) is -3.40. The molecule has 2 rings (SSSR count). The summed E-state index contributed by atoms with van der Waals surface area (Å²) in [4.78, 5) is 29.2. The Hall–Kier alpha value is -1.46. The van der Waals surface area contributed by atoms with Gasteiger partial charge in [-0.2, -0.15) is 0 Å². The van der Waals surface area contributed by atoms with Crippen LogP contribution in [-0.2, 0) is 28.5 Å². The summed E-state index contributed by atoms with van der Waals surface area (Å²) in [5.74, 6) is -3.12. The summed E-state index contributed by atoms with van der Waals surface area (Å²) < 4.78 is 23.4. The van der Waals surface area contributed by atoms with Gasteiger partial charge in [-0.25, -0.2) is 0 Å². The molecule has 0 aromatic carbocycles. The number of hydrogen-bond donors (Lipinski definition) is 6. The maximum absolute atomic E-state index is 13.6. The minimum absolute atomic E-state index is 0.181. The van der Waals surface area contributed by atoms with Gasteiger partial charge in [-0.15, -0.1) is 0 Å². The summed E-state index contributed by atoms with van der Waals surface area (Å²) in [6, 6.07) is -0.854. The monoisotopic (exact) mass is 734 g/mol. The zero-order valence-electron chi connectivity index (χ0n) is 33.1. The molecule has 0 saturated carbocycles. The topological polar surface area (TPSA) is 191 Å². The largest absolute Gasteiger partial charge is 0.466 e. The molecule has 0 radical (unpaired) electrons. The quantitative estimate of drug-likeness (QED) is 0.124. The normalized spacial score (nSPS) is 41.1. The Morgan fingerprint density at radius 3 is 2.27 bits per heavy atom. The number of hydrogen-bond acceptors (Lipinski definition) is 14. The minimum atomic E-state index is -1.83. The second kappa shape index (κ2) is 20.3. The minimum Gasteiger partial charge on any atom is -0.466 e. The highest BCUT2D eigenvalue weighted by atomic mass is 16.7. The van der Waals surface area contributed by atoms with E-state index in [9.17, 15) is 35.1 Å². The summed E-state index contributed by atoms with van der Waals surface area (Å²) in [6.07, 6.45) is -5.29. The number of carbonyl (C=O) groups is 2. The van der Waals surface area contributed by atoms with Crippen molar-refractivity contribution in [3.8, 4) is 0 Å². The molecule has 0 amide bonds. The molecule has 2 aliphatic rings. The van der Waals surface area contributed by atoms with E-state index in [0.717, 1.165) is 0 Å². The lowest BCUT2D eigenvalue weighted by Gasteiger charge is -2.46. The summed E-state index contributed by atoms with van der Waals surface area (Å²) in [5, 5.41) is 61.8. The number of cyclic esters (lactones) is 1.